The van der Waals surface area contributed by atoms with Gasteiger partial charge in [-0.3, -0.25) is 0 Å². The van der Waals surface area contributed by atoms with Gasteiger partial charge in [-0.25, -0.2) is 4.68 Å². The molecule has 2 N–H and O–H groups in total. The Morgan fingerprint density at radius 1 is 1.25 bits per heavy atom. The highest BCUT2D eigenvalue weighted by atomic mass is 35.5. The molecule has 0 radical (unpaired) electrons. The summed E-state index contributed by atoms with van der Waals surface area (Å²) in [6.45, 7) is 5.91. The largest absolute Gasteiger partial charge is 0.396 e. The molecule has 0 saturated carbocycles. The SMILES string of the molecule is Cc1cc(C)c(-n2cc(N)c(C)n2)c(Cl)c1. The number of hydrogen-bond donors (Lipinski definition) is 1. The number of aryl methyl sites for hydroxylation is 3. The van der Waals surface area contributed by atoms with Gasteiger partial charge in [-0.2, -0.15) is 5.10 Å². The first-order valence-corrected chi connectivity index (χ1v) is 5.45. The summed E-state index contributed by atoms with van der Waals surface area (Å²) in [4.78, 5) is 0. The van der Waals surface area contributed by atoms with Gasteiger partial charge in [0.15, 0.2) is 0 Å². The minimum atomic E-state index is 0.677. The van der Waals surface area contributed by atoms with Gasteiger partial charge in [-0.15, -0.1) is 0 Å². The van der Waals surface area contributed by atoms with E-state index in [1.165, 1.54) is 0 Å². The second kappa shape index (κ2) is 3.83. The molecule has 2 rings (SSSR count). The third-order valence-corrected chi connectivity index (χ3v) is 2.85. The summed E-state index contributed by atoms with van der Waals surface area (Å²) < 4.78 is 1.74. The Hall–Kier alpha value is -1.48. The third kappa shape index (κ3) is 1.78. The van der Waals surface area contributed by atoms with Gasteiger partial charge in [0, 0.05) is 0 Å². The molecule has 0 unspecified atom stereocenters. The molecule has 1 aromatic heterocycles. The van der Waals surface area contributed by atoms with Gasteiger partial charge in [0.1, 0.15) is 0 Å². The maximum absolute atomic E-state index is 6.23. The molecular weight excluding hydrogens is 222 g/mol. The molecule has 0 aliphatic heterocycles. The molecule has 0 amide bonds. The molecule has 0 fully saturated rings. The number of halogens is 1. The molecule has 0 atom stereocenters. The number of nitrogens with zero attached hydrogens (tertiary/aromatic N) is 2. The fourth-order valence-corrected chi connectivity index (χ4v) is 2.19. The first kappa shape index (κ1) is 11.0. The smallest absolute Gasteiger partial charge is 0.0862 e. The van der Waals surface area contributed by atoms with Crippen LogP contribution in [-0.4, -0.2) is 9.78 Å². The van der Waals surface area contributed by atoms with E-state index < -0.39 is 0 Å². The summed E-state index contributed by atoms with van der Waals surface area (Å²) >= 11 is 6.23. The summed E-state index contributed by atoms with van der Waals surface area (Å²) in [6.07, 6.45) is 1.79. The first-order valence-electron chi connectivity index (χ1n) is 5.08. The van der Waals surface area contributed by atoms with Crippen molar-refractivity contribution >= 4 is 17.3 Å². The van der Waals surface area contributed by atoms with Crippen molar-refractivity contribution < 1.29 is 0 Å². The van der Waals surface area contributed by atoms with E-state index in [2.05, 4.69) is 11.2 Å². The number of nitrogens with two attached hydrogens (primary N) is 1. The highest BCUT2D eigenvalue weighted by Crippen LogP contribution is 2.26. The van der Waals surface area contributed by atoms with Crippen LogP contribution >= 0.6 is 11.6 Å². The molecule has 0 spiro atoms. The van der Waals surface area contributed by atoms with Crippen molar-refractivity contribution in [2.24, 2.45) is 0 Å². The van der Waals surface area contributed by atoms with Crippen molar-refractivity contribution in [2.45, 2.75) is 20.8 Å². The van der Waals surface area contributed by atoms with E-state index in [0.29, 0.717) is 10.7 Å². The number of nitrogen functional groups attached to an aromatic ring is 1. The Kier molecular flexibility index (Phi) is 2.64. The molecule has 1 heterocycles. The van der Waals surface area contributed by atoms with Crippen LogP contribution in [0.2, 0.25) is 5.02 Å². The van der Waals surface area contributed by atoms with Gasteiger partial charge in [-0.05, 0) is 38.0 Å². The predicted molar refractivity (Wildman–Crippen MR) is 67.2 cm³/mol. The van der Waals surface area contributed by atoms with Gasteiger partial charge < -0.3 is 5.73 Å². The van der Waals surface area contributed by atoms with Crippen LogP contribution in [0.4, 0.5) is 5.69 Å². The van der Waals surface area contributed by atoms with E-state index in [1.807, 2.05) is 26.8 Å². The highest BCUT2D eigenvalue weighted by Gasteiger charge is 2.10. The maximum Gasteiger partial charge on any atom is 0.0862 e. The monoisotopic (exact) mass is 235 g/mol. The van der Waals surface area contributed by atoms with Gasteiger partial charge >= 0.3 is 0 Å². The fourth-order valence-electron chi connectivity index (χ4n) is 1.79. The van der Waals surface area contributed by atoms with E-state index in [9.17, 15) is 0 Å². The van der Waals surface area contributed by atoms with Crippen LogP contribution in [0, 0.1) is 20.8 Å². The average Bonchev–Trinajstić information content (AvgIpc) is 2.44. The van der Waals surface area contributed by atoms with Crippen molar-refractivity contribution in [3.05, 3.63) is 40.2 Å². The molecule has 4 heteroatoms. The third-order valence-electron chi connectivity index (χ3n) is 2.56. The van der Waals surface area contributed by atoms with Crippen LogP contribution in [0.1, 0.15) is 16.8 Å². The predicted octanol–water partition coefficient (Wildman–Crippen LogP) is 3.03. The van der Waals surface area contributed by atoms with Crippen molar-refractivity contribution in [1.29, 1.82) is 0 Å². The molecule has 0 bridgehead atoms. The summed E-state index contributed by atoms with van der Waals surface area (Å²) in [5, 5.41) is 5.03. The first-order chi connectivity index (χ1) is 7.49. The Morgan fingerprint density at radius 2 is 1.94 bits per heavy atom. The Morgan fingerprint density at radius 3 is 2.44 bits per heavy atom. The number of aromatic nitrogens is 2. The van der Waals surface area contributed by atoms with Crippen LogP contribution < -0.4 is 5.73 Å². The zero-order valence-corrected chi connectivity index (χ0v) is 10.3. The Labute approximate surface area is 99.8 Å². The summed E-state index contributed by atoms with van der Waals surface area (Å²) in [7, 11) is 0. The lowest BCUT2D eigenvalue weighted by molar-refractivity contribution is 0.855. The molecule has 2 aromatic rings. The van der Waals surface area contributed by atoms with Crippen molar-refractivity contribution in [3.8, 4) is 5.69 Å². The second-order valence-electron chi connectivity index (χ2n) is 4.03. The summed E-state index contributed by atoms with van der Waals surface area (Å²) in [6, 6.07) is 4.01. The number of hydrogen-bond acceptors (Lipinski definition) is 2. The average molecular weight is 236 g/mol. The second-order valence-corrected chi connectivity index (χ2v) is 4.43. The molecule has 3 nitrogen and oxygen atoms in total. The van der Waals surface area contributed by atoms with E-state index >= 15 is 0 Å². The summed E-state index contributed by atoms with van der Waals surface area (Å²) in [5.74, 6) is 0. The lowest BCUT2D eigenvalue weighted by Crippen LogP contribution is -1.99. The van der Waals surface area contributed by atoms with Crippen molar-refractivity contribution in [2.75, 3.05) is 5.73 Å². The molecular formula is C12H14ClN3. The van der Waals surface area contributed by atoms with E-state index in [1.54, 1.807) is 10.9 Å². The number of rotatable bonds is 1. The standard InChI is InChI=1S/C12H14ClN3/c1-7-4-8(2)12(10(13)5-7)16-6-11(14)9(3)15-16/h4-6H,14H2,1-3H3. The number of anilines is 1. The van der Waals surface area contributed by atoms with Crippen LogP contribution in [0.5, 0.6) is 0 Å². The zero-order valence-electron chi connectivity index (χ0n) is 9.58. The molecule has 84 valence electrons. The van der Waals surface area contributed by atoms with Crippen LogP contribution in [-0.2, 0) is 0 Å². The van der Waals surface area contributed by atoms with Crippen LogP contribution in [0.15, 0.2) is 18.3 Å². The lowest BCUT2D eigenvalue weighted by Gasteiger charge is -2.09. The van der Waals surface area contributed by atoms with E-state index in [-0.39, 0.29) is 0 Å². The van der Waals surface area contributed by atoms with Crippen LogP contribution in [0.3, 0.4) is 0 Å². The minimum Gasteiger partial charge on any atom is -0.396 e. The normalized spacial score (nSPS) is 10.8. The van der Waals surface area contributed by atoms with Crippen LogP contribution in [0.25, 0.3) is 5.69 Å². The minimum absolute atomic E-state index is 0.677. The molecule has 0 saturated heterocycles. The van der Waals surface area contributed by atoms with Gasteiger partial charge in [0.05, 0.1) is 28.3 Å². The lowest BCUT2D eigenvalue weighted by atomic mass is 10.1. The van der Waals surface area contributed by atoms with Crippen molar-refractivity contribution in [1.82, 2.24) is 9.78 Å². The van der Waals surface area contributed by atoms with Gasteiger partial charge in [0.2, 0.25) is 0 Å². The zero-order chi connectivity index (χ0) is 11.9. The highest BCUT2D eigenvalue weighted by molar-refractivity contribution is 6.32. The molecule has 0 aliphatic carbocycles. The van der Waals surface area contributed by atoms with Gasteiger partial charge in [-0.1, -0.05) is 17.7 Å². The Bertz CT molecular complexity index is 501. The van der Waals surface area contributed by atoms with E-state index in [4.69, 9.17) is 17.3 Å². The maximum atomic E-state index is 6.23. The van der Waals surface area contributed by atoms with Gasteiger partial charge in [0.25, 0.3) is 0 Å². The van der Waals surface area contributed by atoms with Crippen molar-refractivity contribution in [3.63, 3.8) is 0 Å². The molecule has 1 aromatic carbocycles. The fraction of sp³-hybridized carbons (Fsp3) is 0.250. The molecule has 0 aliphatic rings. The Balaban J connectivity index is 2.64. The molecule has 16 heavy (non-hydrogen) atoms. The van der Waals surface area contributed by atoms with E-state index in [0.717, 1.165) is 22.5 Å². The summed E-state index contributed by atoms with van der Waals surface area (Å²) in [5.41, 5.74) is 10.4. The number of benzene rings is 1. The topological polar surface area (TPSA) is 43.8 Å². The quantitative estimate of drug-likeness (QED) is 0.826.